The third-order valence-electron chi connectivity index (χ3n) is 20.4. The van der Waals surface area contributed by atoms with Gasteiger partial charge in [-0.25, -0.2) is 29.9 Å². The van der Waals surface area contributed by atoms with E-state index in [2.05, 4.69) is 279 Å². The molecule has 0 unspecified atom stereocenters. The van der Waals surface area contributed by atoms with E-state index in [4.69, 9.17) is 38.7 Å². The SMILES string of the molecule is c1ccc(-c2nc(-c3cccc4c3oc3cccc(-c5ccccc5)c34)nc(-c3cccc4c3sc3cccc(-c5cccc(-c6ccccc6-c6cc(-c7ccccc7)c7c(c6)sc6c(-c8nc(-c9ccccc9)nc(-c9cccc%10c9oc9cccc(-c%11ccccc%11)c9%10)n8)cccc67)c5)c34)n2)cc1. The van der Waals surface area contributed by atoms with E-state index < -0.39 is 0 Å². The first kappa shape index (κ1) is 61.1. The maximum Gasteiger partial charge on any atom is 0.167 e. The maximum atomic E-state index is 6.85. The van der Waals surface area contributed by atoms with Gasteiger partial charge in [0.15, 0.2) is 34.9 Å². The fraction of sp³-hybridized carbons (Fsp3) is 0. The smallest absolute Gasteiger partial charge is 0.167 e. The fourth-order valence-electron chi connectivity index (χ4n) is 15.6. The first-order valence-electron chi connectivity index (χ1n) is 35.4. The molecule has 0 bridgehead atoms. The number of rotatable bonds is 12. The molecule has 21 aromatic rings. The first-order chi connectivity index (χ1) is 52.5. The number of benzene rings is 15. The monoisotopic (exact) mass is 1390 g/mol. The summed E-state index contributed by atoms with van der Waals surface area (Å²) in [5.74, 6) is 3.41. The van der Waals surface area contributed by atoms with Crippen LogP contribution in [0.1, 0.15) is 0 Å². The summed E-state index contributed by atoms with van der Waals surface area (Å²) < 4.78 is 18.2. The van der Waals surface area contributed by atoms with Gasteiger partial charge in [-0.2, -0.15) is 0 Å². The Morgan fingerprint density at radius 2 is 0.509 bits per heavy atom. The first-order valence-corrected chi connectivity index (χ1v) is 37.0. The summed E-state index contributed by atoms with van der Waals surface area (Å²) in [5, 5.41) is 8.74. The summed E-state index contributed by atoms with van der Waals surface area (Å²) in [6, 6.07) is 120. The molecule has 0 N–H and O–H groups in total. The summed E-state index contributed by atoms with van der Waals surface area (Å²) in [5.41, 5.74) is 21.8. The van der Waals surface area contributed by atoms with Crippen molar-refractivity contribution in [1.29, 1.82) is 0 Å². The van der Waals surface area contributed by atoms with Gasteiger partial charge in [0.05, 0.1) is 11.1 Å². The lowest BCUT2D eigenvalue weighted by Gasteiger charge is -2.14. The van der Waals surface area contributed by atoms with Crippen LogP contribution in [-0.4, -0.2) is 29.9 Å². The zero-order chi connectivity index (χ0) is 69.8. The molecule has 21 rings (SSSR count). The zero-order valence-corrected chi connectivity index (χ0v) is 58.3. The van der Waals surface area contributed by atoms with Gasteiger partial charge in [0.25, 0.3) is 0 Å². The Balaban J connectivity index is 0.678. The molecule has 0 saturated carbocycles. The zero-order valence-electron chi connectivity index (χ0n) is 56.6. The predicted molar refractivity (Wildman–Crippen MR) is 439 cm³/mol. The van der Waals surface area contributed by atoms with Crippen molar-refractivity contribution in [2.45, 2.75) is 0 Å². The Morgan fingerprint density at radius 1 is 0.189 bits per heavy atom. The second-order valence-corrected chi connectivity index (χ2v) is 28.7. The summed E-state index contributed by atoms with van der Waals surface area (Å²) in [4.78, 5) is 32.0. The number of nitrogens with zero attached hydrogens (tertiary/aromatic N) is 6. The summed E-state index contributed by atoms with van der Waals surface area (Å²) in [6.45, 7) is 0. The van der Waals surface area contributed by atoms with E-state index in [0.29, 0.717) is 34.9 Å². The Bertz CT molecular complexity index is 7070. The minimum atomic E-state index is 0.534. The van der Waals surface area contributed by atoms with Crippen LogP contribution in [0.2, 0.25) is 0 Å². The molecule has 0 aliphatic rings. The van der Waals surface area contributed by atoms with Crippen LogP contribution in [0.3, 0.4) is 0 Å². The van der Waals surface area contributed by atoms with E-state index in [1.54, 1.807) is 22.7 Å². The molecule has 6 heterocycles. The van der Waals surface area contributed by atoms with Crippen LogP contribution < -0.4 is 0 Å². The van der Waals surface area contributed by atoms with E-state index in [1.807, 2.05) is 60.7 Å². The Kier molecular flexibility index (Phi) is 14.5. The average Bonchev–Trinajstić information content (AvgIpc) is 1.58. The number of fused-ring (bicyclic) bond motifs is 12. The van der Waals surface area contributed by atoms with Crippen LogP contribution in [-0.2, 0) is 0 Å². The van der Waals surface area contributed by atoms with Gasteiger partial charge >= 0.3 is 0 Å². The molecule has 0 aliphatic heterocycles. The molecule has 0 spiro atoms. The maximum absolute atomic E-state index is 6.85. The lowest BCUT2D eigenvalue weighted by Crippen LogP contribution is -2.00. The van der Waals surface area contributed by atoms with Crippen molar-refractivity contribution in [3.05, 3.63) is 340 Å². The Hall–Kier alpha value is -13.6. The average molecular weight is 1390 g/mol. The highest BCUT2D eigenvalue weighted by molar-refractivity contribution is 7.27. The van der Waals surface area contributed by atoms with Crippen molar-refractivity contribution >= 4 is 107 Å². The number of hydrogen-bond donors (Lipinski definition) is 0. The summed E-state index contributed by atoms with van der Waals surface area (Å²) in [6.07, 6.45) is 0. The normalized spacial score (nSPS) is 11.8. The van der Waals surface area contributed by atoms with Gasteiger partial charge in [0.2, 0.25) is 0 Å². The highest BCUT2D eigenvalue weighted by atomic mass is 32.1. The number of hydrogen-bond acceptors (Lipinski definition) is 10. The fourth-order valence-corrected chi connectivity index (χ4v) is 18.2. The molecule has 0 amide bonds. The third-order valence-corrected chi connectivity index (χ3v) is 22.8. The Labute approximate surface area is 616 Å². The lowest BCUT2D eigenvalue weighted by molar-refractivity contribution is 0.669. The van der Waals surface area contributed by atoms with Crippen LogP contribution in [0.25, 0.3) is 219 Å². The second kappa shape index (κ2) is 25.1. The lowest BCUT2D eigenvalue weighted by atomic mass is 9.89. The standard InChI is InChI=1S/C96H56N6O2S2/c1-6-26-57(27-7-1)67-40-23-51-79-83(67)70-43-19-47-74(87(70)103-79)93-97-91(60-32-12-4-13-33-60)99-95(101-93)76-49-21-45-72-85-69(42-25-53-81(85)105-89(72)76)63-37-18-36-62(54-63)65-38-16-17-39-66(65)64-55-78(59-30-10-3-11-31-59)86-73-46-22-50-77(90(73)106-82(86)56-64)96-100-92(61-34-14-5-15-35-61)98-94(102-96)75-48-20-44-71-84-68(58-28-8-2-9-29-58)41-24-52-80(84)104-88(71)75/h1-56H. The predicted octanol–water partition coefficient (Wildman–Crippen LogP) is 26.6. The molecule has 6 aromatic heterocycles. The molecule has 10 heteroatoms. The molecule has 0 fully saturated rings. The minimum absolute atomic E-state index is 0.534. The molecule has 0 radical (unpaired) electrons. The van der Waals surface area contributed by atoms with Crippen molar-refractivity contribution in [2.75, 3.05) is 0 Å². The van der Waals surface area contributed by atoms with Gasteiger partial charge in [0.1, 0.15) is 22.3 Å². The topological polar surface area (TPSA) is 104 Å². The van der Waals surface area contributed by atoms with Crippen molar-refractivity contribution in [3.63, 3.8) is 0 Å². The number of furan rings is 2. The van der Waals surface area contributed by atoms with Crippen molar-refractivity contribution < 1.29 is 8.83 Å². The molecular weight excluding hydrogens is 1330 g/mol. The van der Waals surface area contributed by atoms with Gasteiger partial charge < -0.3 is 8.83 Å². The van der Waals surface area contributed by atoms with Crippen LogP contribution >= 0.6 is 22.7 Å². The molecule has 0 saturated heterocycles. The Morgan fingerprint density at radius 3 is 1.00 bits per heavy atom. The largest absolute Gasteiger partial charge is 0.455 e. The van der Waals surface area contributed by atoms with Gasteiger partial charge in [-0.1, -0.05) is 279 Å². The van der Waals surface area contributed by atoms with E-state index in [9.17, 15) is 0 Å². The van der Waals surface area contributed by atoms with Crippen LogP contribution in [0.5, 0.6) is 0 Å². The molecule has 8 nitrogen and oxygen atoms in total. The minimum Gasteiger partial charge on any atom is -0.455 e. The van der Waals surface area contributed by atoms with Crippen molar-refractivity contribution in [2.24, 2.45) is 0 Å². The van der Waals surface area contributed by atoms with Gasteiger partial charge in [-0.15, -0.1) is 22.7 Å². The summed E-state index contributed by atoms with van der Waals surface area (Å²) in [7, 11) is 0. The number of para-hydroxylation sites is 2. The summed E-state index contributed by atoms with van der Waals surface area (Å²) >= 11 is 3.55. The van der Waals surface area contributed by atoms with Gasteiger partial charge in [0, 0.05) is 84.1 Å². The highest BCUT2D eigenvalue weighted by Crippen LogP contribution is 2.50. The quantitative estimate of drug-likeness (QED) is 0.119. The van der Waals surface area contributed by atoms with E-state index >= 15 is 0 Å². The van der Waals surface area contributed by atoms with Crippen molar-refractivity contribution in [1.82, 2.24) is 29.9 Å². The molecule has 15 aromatic carbocycles. The van der Waals surface area contributed by atoms with Crippen molar-refractivity contribution in [3.8, 4) is 135 Å². The highest BCUT2D eigenvalue weighted by Gasteiger charge is 2.26. The molecule has 494 valence electrons. The second-order valence-electron chi connectivity index (χ2n) is 26.6. The molecule has 0 aliphatic carbocycles. The third kappa shape index (κ3) is 10.2. The number of aromatic nitrogens is 6. The van der Waals surface area contributed by atoms with Crippen LogP contribution in [0.15, 0.2) is 349 Å². The van der Waals surface area contributed by atoms with E-state index in [-0.39, 0.29) is 0 Å². The van der Waals surface area contributed by atoms with Gasteiger partial charge in [-0.05, 0) is 127 Å². The number of thiophene rings is 2. The van der Waals surface area contributed by atoms with Crippen LogP contribution in [0, 0.1) is 0 Å². The van der Waals surface area contributed by atoms with Crippen LogP contribution in [0.4, 0.5) is 0 Å². The molecule has 0 atom stereocenters. The van der Waals surface area contributed by atoms with E-state index in [1.165, 1.54) is 15.5 Å². The molecule has 106 heavy (non-hydrogen) atoms. The molecular formula is C96H56N6O2S2. The van der Waals surface area contributed by atoms with E-state index in [0.717, 1.165) is 169 Å². The van der Waals surface area contributed by atoms with Gasteiger partial charge in [-0.3, -0.25) is 0 Å².